The third kappa shape index (κ3) is 4.79. The average molecular weight is 431 g/mol. The number of ether oxygens (including phenoxy) is 1. The number of nitrogens with zero attached hydrogens (tertiary/aromatic N) is 3. The standard InChI is InChI=1S/C23H34N4O4/c1-2-12-24-22(30)31-19-8-9-20(25-15-19)26-13-3-10-23(16-26)11-14-27(21(23)29)17-4-6-18(28)7-5-17/h8-9,15,17-18,28H,2-7,10-14,16H2,1H3,(H,24,30). The van der Waals surface area contributed by atoms with Crippen molar-refractivity contribution >= 4 is 17.8 Å². The molecule has 31 heavy (non-hydrogen) atoms. The Morgan fingerprint density at radius 1 is 1.26 bits per heavy atom. The van der Waals surface area contributed by atoms with Gasteiger partial charge < -0.3 is 25.0 Å². The Morgan fingerprint density at radius 2 is 2.06 bits per heavy atom. The first-order valence-electron chi connectivity index (χ1n) is 11.7. The molecule has 1 aromatic rings. The summed E-state index contributed by atoms with van der Waals surface area (Å²) < 4.78 is 5.25. The van der Waals surface area contributed by atoms with Crippen LogP contribution in [-0.2, 0) is 4.79 Å². The first-order chi connectivity index (χ1) is 15.0. The number of hydrogen-bond donors (Lipinski definition) is 2. The van der Waals surface area contributed by atoms with E-state index in [1.165, 1.54) is 0 Å². The van der Waals surface area contributed by atoms with Crippen molar-refractivity contribution in [3.63, 3.8) is 0 Å². The molecule has 1 saturated carbocycles. The molecule has 8 heteroatoms. The normalized spacial score (nSPS) is 28.8. The van der Waals surface area contributed by atoms with Gasteiger partial charge in [0.15, 0.2) is 5.75 Å². The van der Waals surface area contributed by atoms with E-state index in [-0.39, 0.29) is 23.5 Å². The predicted molar refractivity (Wildman–Crippen MR) is 117 cm³/mol. The second kappa shape index (κ2) is 9.42. The molecule has 3 heterocycles. The molecule has 0 bridgehead atoms. The molecule has 2 aliphatic heterocycles. The molecule has 4 rings (SSSR count). The van der Waals surface area contributed by atoms with Gasteiger partial charge in [0, 0.05) is 32.2 Å². The average Bonchev–Trinajstić information content (AvgIpc) is 3.09. The van der Waals surface area contributed by atoms with Gasteiger partial charge in [-0.1, -0.05) is 6.92 Å². The molecule has 3 fully saturated rings. The second-order valence-electron chi connectivity index (χ2n) is 9.18. The molecule has 0 aromatic carbocycles. The monoisotopic (exact) mass is 430 g/mol. The van der Waals surface area contributed by atoms with Crippen LogP contribution in [0.3, 0.4) is 0 Å². The summed E-state index contributed by atoms with van der Waals surface area (Å²) in [5.41, 5.74) is -0.328. The first-order valence-corrected chi connectivity index (χ1v) is 11.7. The molecule has 1 aromatic heterocycles. The van der Waals surface area contributed by atoms with Gasteiger partial charge in [-0.25, -0.2) is 9.78 Å². The van der Waals surface area contributed by atoms with E-state index in [4.69, 9.17) is 4.74 Å². The first kappa shape index (κ1) is 21.9. The lowest BCUT2D eigenvalue weighted by Gasteiger charge is -2.41. The van der Waals surface area contributed by atoms with Crippen LogP contribution in [0.2, 0.25) is 0 Å². The zero-order valence-corrected chi connectivity index (χ0v) is 18.4. The number of likely N-dealkylation sites (tertiary alicyclic amines) is 1. The number of rotatable bonds is 5. The fourth-order valence-corrected chi connectivity index (χ4v) is 5.26. The maximum Gasteiger partial charge on any atom is 0.412 e. The van der Waals surface area contributed by atoms with Gasteiger partial charge in [-0.3, -0.25) is 4.79 Å². The molecular formula is C23H34N4O4. The van der Waals surface area contributed by atoms with Crippen molar-refractivity contribution in [1.82, 2.24) is 15.2 Å². The summed E-state index contributed by atoms with van der Waals surface area (Å²) >= 11 is 0. The van der Waals surface area contributed by atoms with Gasteiger partial charge in [-0.05, 0) is 63.5 Å². The number of hydrogen-bond acceptors (Lipinski definition) is 6. The molecule has 170 valence electrons. The van der Waals surface area contributed by atoms with Crippen molar-refractivity contribution in [2.75, 3.05) is 31.1 Å². The van der Waals surface area contributed by atoms with Gasteiger partial charge in [0.05, 0.1) is 17.7 Å². The van der Waals surface area contributed by atoms with Crippen molar-refractivity contribution in [2.45, 2.75) is 70.4 Å². The van der Waals surface area contributed by atoms with Crippen LogP contribution in [0.4, 0.5) is 10.6 Å². The lowest BCUT2D eigenvalue weighted by Crippen LogP contribution is -2.50. The number of aliphatic hydroxyl groups excluding tert-OH is 1. The highest BCUT2D eigenvalue weighted by molar-refractivity contribution is 5.86. The smallest absolute Gasteiger partial charge is 0.409 e. The van der Waals surface area contributed by atoms with Crippen molar-refractivity contribution in [3.05, 3.63) is 18.3 Å². The maximum absolute atomic E-state index is 13.5. The minimum atomic E-state index is -0.472. The van der Waals surface area contributed by atoms with E-state index >= 15 is 0 Å². The Labute approximate surface area is 184 Å². The number of anilines is 1. The van der Waals surface area contributed by atoms with Gasteiger partial charge in [0.25, 0.3) is 0 Å². The Morgan fingerprint density at radius 3 is 2.77 bits per heavy atom. The SMILES string of the molecule is CCCNC(=O)Oc1ccc(N2CCCC3(CCN(C4CCC(O)CC4)C3=O)C2)nc1. The van der Waals surface area contributed by atoms with E-state index in [0.717, 1.165) is 70.3 Å². The number of carbonyl (C=O) groups is 2. The molecule has 2 amide bonds. The lowest BCUT2D eigenvalue weighted by molar-refractivity contribution is -0.139. The van der Waals surface area contributed by atoms with Crippen molar-refractivity contribution in [2.24, 2.45) is 5.41 Å². The van der Waals surface area contributed by atoms with Gasteiger partial charge in [-0.15, -0.1) is 0 Å². The van der Waals surface area contributed by atoms with Crippen LogP contribution in [0.25, 0.3) is 0 Å². The van der Waals surface area contributed by atoms with Crippen molar-refractivity contribution in [3.8, 4) is 5.75 Å². The molecule has 8 nitrogen and oxygen atoms in total. The maximum atomic E-state index is 13.5. The number of pyridine rings is 1. The van der Waals surface area contributed by atoms with Crippen LogP contribution >= 0.6 is 0 Å². The Balaban J connectivity index is 1.38. The highest BCUT2D eigenvalue weighted by Gasteiger charge is 2.50. The van der Waals surface area contributed by atoms with Crippen LogP contribution < -0.4 is 15.0 Å². The number of aromatic nitrogens is 1. The Hall–Kier alpha value is -2.35. The van der Waals surface area contributed by atoms with Crippen LogP contribution in [0.15, 0.2) is 18.3 Å². The van der Waals surface area contributed by atoms with Crippen LogP contribution in [0.1, 0.15) is 58.3 Å². The minimum absolute atomic E-state index is 0.205. The summed E-state index contributed by atoms with van der Waals surface area (Å²) in [5, 5.41) is 12.5. The van der Waals surface area contributed by atoms with Crippen LogP contribution in [0, 0.1) is 5.41 Å². The Kier molecular flexibility index (Phi) is 6.65. The molecule has 1 aliphatic carbocycles. The molecule has 2 N–H and O–H groups in total. The summed E-state index contributed by atoms with van der Waals surface area (Å²) in [5.74, 6) is 1.50. The van der Waals surface area contributed by atoms with Gasteiger partial charge in [0.2, 0.25) is 5.91 Å². The van der Waals surface area contributed by atoms with Gasteiger partial charge >= 0.3 is 6.09 Å². The van der Waals surface area contributed by atoms with E-state index in [2.05, 4.69) is 20.1 Å². The summed E-state index contributed by atoms with van der Waals surface area (Å²) in [4.78, 5) is 34.0. The molecule has 0 radical (unpaired) electrons. The largest absolute Gasteiger partial charge is 0.412 e. The zero-order chi connectivity index (χ0) is 21.8. The van der Waals surface area contributed by atoms with Crippen LogP contribution in [0.5, 0.6) is 5.75 Å². The second-order valence-corrected chi connectivity index (χ2v) is 9.18. The molecular weight excluding hydrogens is 396 g/mol. The number of amides is 2. The fourth-order valence-electron chi connectivity index (χ4n) is 5.26. The van der Waals surface area contributed by atoms with E-state index in [1.807, 2.05) is 13.0 Å². The molecule has 1 atom stereocenters. The molecule has 1 unspecified atom stereocenters. The molecule has 3 aliphatic rings. The molecule has 2 saturated heterocycles. The van der Waals surface area contributed by atoms with Crippen molar-refractivity contribution < 1.29 is 19.4 Å². The number of aliphatic hydroxyl groups is 1. The molecule has 1 spiro atoms. The summed E-state index contributed by atoms with van der Waals surface area (Å²) in [6.45, 7) is 4.93. The summed E-state index contributed by atoms with van der Waals surface area (Å²) in [6.07, 6.45) is 7.91. The predicted octanol–water partition coefficient (Wildman–Crippen LogP) is 2.70. The van der Waals surface area contributed by atoms with Crippen LogP contribution in [-0.4, -0.2) is 65.3 Å². The zero-order valence-electron chi connectivity index (χ0n) is 18.4. The summed E-state index contributed by atoms with van der Waals surface area (Å²) in [6, 6.07) is 3.89. The van der Waals surface area contributed by atoms with E-state index in [0.29, 0.717) is 18.8 Å². The lowest BCUT2D eigenvalue weighted by atomic mass is 9.78. The Bertz CT molecular complexity index is 778. The van der Waals surface area contributed by atoms with E-state index in [9.17, 15) is 14.7 Å². The van der Waals surface area contributed by atoms with Gasteiger partial charge in [0.1, 0.15) is 5.82 Å². The number of piperidine rings is 1. The quantitative estimate of drug-likeness (QED) is 0.746. The fraction of sp³-hybridized carbons (Fsp3) is 0.696. The topological polar surface area (TPSA) is 95.0 Å². The number of carbonyl (C=O) groups excluding carboxylic acids is 2. The van der Waals surface area contributed by atoms with E-state index in [1.54, 1.807) is 12.3 Å². The number of nitrogens with one attached hydrogen (secondary N) is 1. The van der Waals surface area contributed by atoms with Crippen molar-refractivity contribution in [1.29, 1.82) is 0 Å². The highest BCUT2D eigenvalue weighted by atomic mass is 16.6. The van der Waals surface area contributed by atoms with E-state index < -0.39 is 6.09 Å². The minimum Gasteiger partial charge on any atom is -0.409 e. The third-order valence-corrected chi connectivity index (χ3v) is 7.00. The highest BCUT2D eigenvalue weighted by Crippen LogP contribution is 2.43. The van der Waals surface area contributed by atoms with Gasteiger partial charge in [-0.2, -0.15) is 0 Å². The third-order valence-electron chi connectivity index (χ3n) is 7.00. The summed E-state index contributed by atoms with van der Waals surface area (Å²) in [7, 11) is 0.